The number of benzene rings is 1. The van der Waals surface area contributed by atoms with Gasteiger partial charge in [0, 0.05) is 50.4 Å². The first-order chi connectivity index (χ1) is 14.8. The van der Waals surface area contributed by atoms with Crippen molar-refractivity contribution in [2.45, 2.75) is 32.7 Å². The van der Waals surface area contributed by atoms with Crippen LogP contribution < -0.4 is 4.90 Å². The number of piperazine rings is 1. The van der Waals surface area contributed by atoms with E-state index in [1.165, 1.54) is 12.1 Å². The number of nitro groups is 1. The minimum atomic E-state index is -0.458. The van der Waals surface area contributed by atoms with Crippen molar-refractivity contribution < 1.29 is 19.0 Å². The molecule has 1 unspecified atom stereocenters. The number of nitro benzene ring substituents is 1. The van der Waals surface area contributed by atoms with Crippen LogP contribution in [0.5, 0.6) is 0 Å². The second kappa shape index (κ2) is 8.46. The van der Waals surface area contributed by atoms with Gasteiger partial charge in [-0.2, -0.15) is 0 Å². The molecule has 0 radical (unpaired) electrons. The van der Waals surface area contributed by atoms with Gasteiger partial charge in [-0.15, -0.1) is 0 Å². The van der Waals surface area contributed by atoms with Gasteiger partial charge in [0.1, 0.15) is 5.76 Å². The van der Waals surface area contributed by atoms with E-state index in [4.69, 9.17) is 4.52 Å². The fraction of sp³-hybridized carbons (Fsp3) is 0.476. The molecule has 4 rings (SSSR count). The van der Waals surface area contributed by atoms with E-state index in [9.17, 15) is 19.7 Å². The summed E-state index contributed by atoms with van der Waals surface area (Å²) in [6, 6.07) is 5.90. The summed E-state index contributed by atoms with van der Waals surface area (Å²) >= 11 is 0. The van der Waals surface area contributed by atoms with Gasteiger partial charge in [-0.25, -0.2) is 0 Å². The molecule has 31 heavy (non-hydrogen) atoms. The Kier molecular flexibility index (Phi) is 5.73. The first-order valence-electron chi connectivity index (χ1n) is 10.3. The summed E-state index contributed by atoms with van der Waals surface area (Å²) in [6.45, 7) is 6.51. The number of aromatic nitrogens is 1. The number of hydrogen-bond acceptors (Lipinski definition) is 7. The molecule has 0 saturated carbocycles. The quantitative estimate of drug-likeness (QED) is 0.527. The largest absolute Gasteiger partial charge is 0.361 e. The summed E-state index contributed by atoms with van der Waals surface area (Å²) < 4.78 is 5.14. The van der Waals surface area contributed by atoms with Crippen molar-refractivity contribution in [2.75, 3.05) is 37.6 Å². The zero-order chi connectivity index (χ0) is 22.1. The SMILES string of the molecule is Cc1noc(C)c1CC(=O)N1CCN(C2CCN(c3cccc([N+](=O)[O-])c3)C2=O)CC1. The van der Waals surface area contributed by atoms with Gasteiger partial charge in [0.15, 0.2) is 0 Å². The molecule has 0 N–H and O–H groups in total. The highest BCUT2D eigenvalue weighted by Gasteiger charge is 2.38. The van der Waals surface area contributed by atoms with Gasteiger partial charge in [0.25, 0.3) is 5.69 Å². The molecule has 1 aromatic carbocycles. The smallest absolute Gasteiger partial charge is 0.271 e. The molecule has 2 saturated heterocycles. The lowest BCUT2D eigenvalue weighted by Gasteiger charge is -2.37. The summed E-state index contributed by atoms with van der Waals surface area (Å²) in [6.07, 6.45) is 0.929. The van der Waals surface area contributed by atoms with Gasteiger partial charge in [-0.05, 0) is 26.3 Å². The highest BCUT2D eigenvalue weighted by molar-refractivity contribution is 5.99. The van der Waals surface area contributed by atoms with Gasteiger partial charge < -0.3 is 14.3 Å². The van der Waals surface area contributed by atoms with E-state index in [-0.39, 0.29) is 30.0 Å². The maximum atomic E-state index is 13.0. The highest BCUT2D eigenvalue weighted by atomic mass is 16.6. The predicted octanol–water partition coefficient (Wildman–Crippen LogP) is 1.69. The van der Waals surface area contributed by atoms with Crippen molar-refractivity contribution in [1.29, 1.82) is 0 Å². The Morgan fingerprint density at radius 2 is 1.97 bits per heavy atom. The number of nitrogens with zero attached hydrogens (tertiary/aromatic N) is 5. The zero-order valence-electron chi connectivity index (χ0n) is 17.6. The lowest BCUT2D eigenvalue weighted by atomic mass is 10.1. The summed E-state index contributed by atoms with van der Waals surface area (Å²) in [4.78, 5) is 41.8. The monoisotopic (exact) mass is 427 g/mol. The summed E-state index contributed by atoms with van der Waals surface area (Å²) in [5, 5.41) is 14.9. The Morgan fingerprint density at radius 3 is 2.61 bits per heavy atom. The van der Waals surface area contributed by atoms with Gasteiger partial charge in [-0.3, -0.25) is 24.6 Å². The highest BCUT2D eigenvalue weighted by Crippen LogP contribution is 2.28. The first-order valence-corrected chi connectivity index (χ1v) is 10.3. The van der Waals surface area contributed by atoms with Crippen LogP contribution in [0.2, 0.25) is 0 Å². The molecular weight excluding hydrogens is 402 g/mol. The van der Waals surface area contributed by atoms with Crippen molar-refractivity contribution in [3.05, 3.63) is 51.4 Å². The van der Waals surface area contributed by atoms with Crippen molar-refractivity contribution in [2.24, 2.45) is 0 Å². The third-order valence-corrected chi connectivity index (χ3v) is 6.15. The molecule has 2 aromatic rings. The van der Waals surface area contributed by atoms with Crippen LogP contribution in [-0.2, 0) is 16.0 Å². The van der Waals surface area contributed by atoms with Crippen LogP contribution in [0.25, 0.3) is 0 Å². The number of aryl methyl sites for hydroxylation is 2. The van der Waals surface area contributed by atoms with Crippen LogP contribution in [-0.4, -0.2) is 70.5 Å². The second-order valence-corrected chi connectivity index (χ2v) is 7.97. The Bertz CT molecular complexity index is 992. The summed E-state index contributed by atoms with van der Waals surface area (Å²) in [7, 11) is 0. The van der Waals surface area contributed by atoms with Gasteiger partial charge >= 0.3 is 0 Å². The van der Waals surface area contributed by atoms with Crippen LogP contribution in [0.3, 0.4) is 0 Å². The third kappa shape index (κ3) is 4.15. The fourth-order valence-corrected chi connectivity index (χ4v) is 4.33. The molecular formula is C21H25N5O5. The van der Waals surface area contributed by atoms with Crippen LogP contribution in [0.1, 0.15) is 23.4 Å². The molecule has 2 aliphatic rings. The first kappa shape index (κ1) is 21.0. The standard InChI is InChI=1S/C21H25N5O5/c1-14-18(15(2)31-22-14)13-20(27)24-10-8-23(9-11-24)19-6-7-25(21(19)28)16-4-3-5-17(12-16)26(29)30/h3-5,12,19H,6-11,13H2,1-2H3. The predicted molar refractivity (Wildman–Crippen MR) is 112 cm³/mol. The number of carbonyl (C=O) groups excluding carboxylic acids is 2. The average Bonchev–Trinajstić information content (AvgIpc) is 3.31. The number of hydrogen-bond donors (Lipinski definition) is 0. The molecule has 0 aliphatic carbocycles. The van der Waals surface area contributed by atoms with E-state index in [2.05, 4.69) is 10.1 Å². The van der Waals surface area contributed by atoms with Gasteiger partial charge in [0.05, 0.1) is 28.8 Å². The summed E-state index contributed by atoms with van der Waals surface area (Å²) in [5.41, 5.74) is 2.10. The van der Waals surface area contributed by atoms with Crippen LogP contribution >= 0.6 is 0 Å². The van der Waals surface area contributed by atoms with Crippen molar-refractivity contribution in [3.63, 3.8) is 0 Å². The van der Waals surface area contributed by atoms with Crippen molar-refractivity contribution in [1.82, 2.24) is 15.0 Å². The van der Waals surface area contributed by atoms with E-state index in [1.807, 2.05) is 11.8 Å². The normalized spacial score (nSPS) is 19.8. The van der Waals surface area contributed by atoms with E-state index in [0.29, 0.717) is 50.6 Å². The fourth-order valence-electron chi connectivity index (χ4n) is 4.33. The van der Waals surface area contributed by atoms with Crippen LogP contribution in [0.15, 0.2) is 28.8 Å². The summed E-state index contributed by atoms with van der Waals surface area (Å²) in [5.74, 6) is 0.656. The second-order valence-electron chi connectivity index (χ2n) is 7.97. The minimum absolute atomic E-state index is 0.0285. The van der Waals surface area contributed by atoms with Crippen molar-refractivity contribution >= 4 is 23.2 Å². The number of anilines is 1. The van der Waals surface area contributed by atoms with Gasteiger partial charge in [-0.1, -0.05) is 11.2 Å². The molecule has 1 atom stereocenters. The Balaban J connectivity index is 1.35. The molecule has 2 aliphatic heterocycles. The van der Waals surface area contributed by atoms with E-state index < -0.39 is 4.92 Å². The minimum Gasteiger partial charge on any atom is -0.361 e. The van der Waals surface area contributed by atoms with Crippen LogP contribution in [0.4, 0.5) is 11.4 Å². The Labute approximate surface area is 179 Å². The lowest BCUT2D eigenvalue weighted by molar-refractivity contribution is -0.384. The number of non-ortho nitro benzene ring substituents is 1. The molecule has 10 heteroatoms. The van der Waals surface area contributed by atoms with Crippen molar-refractivity contribution in [3.8, 4) is 0 Å². The molecule has 0 spiro atoms. The van der Waals surface area contributed by atoms with Crippen LogP contribution in [0, 0.1) is 24.0 Å². The zero-order valence-corrected chi connectivity index (χ0v) is 17.6. The topological polar surface area (TPSA) is 113 Å². The van der Waals surface area contributed by atoms with Gasteiger partial charge in [0.2, 0.25) is 11.8 Å². The maximum Gasteiger partial charge on any atom is 0.271 e. The molecule has 3 heterocycles. The average molecular weight is 427 g/mol. The van der Waals surface area contributed by atoms with E-state index >= 15 is 0 Å². The Morgan fingerprint density at radius 1 is 1.23 bits per heavy atom. The molecule has 164 valence electrons. The lowest BCUT2D eigenvalue weighted by Crippen LogP contribution is -2.54. The number of amides is 2. The molecule has 2 fully saturated rings. The molecule has 10 nitrogen and oxygen atoms in total. The van der Waals surface area contributed by atoms with E-state index in [0.717, 1.165) is 11.3 Å². The Hall–Kier alpha value is -3.27. The molecule has 0 bridgehead atoms. The third-order valence-electron chi connectivity index (χ3n) is 6.15. The molecule has 1 aromatic heterocycles. The van der Waals surface area contributed by atoms with E-state index in [1.54, 1.807) is 24.0 Å². The number of rotatable bonds is 5. The molecule has 2 amide bonds. The maximum absolute atomic E-state index is 13.0. The number of carbonyl (C=O) groups is 2.